The lowest BCUT2D eigenvalue weighted by Crippen LogP contribution is -2.27. The third-order valence-corrected chi connectivity index (χ3v) is 2.03. The Balaban J connectivity index is 2.07. The Bertz CT molecular complexity index is 456. The summed E-state index contributed by atoms with van der Waals surface area (Å²) in [7, 11) is 1.28. The predicted octanol–water partition coefficient (Wildman–Crippen LogP) is 1.00. The summed E-state index contributed by atoms with van der Waals surface area (Å²) in [5.74, 6) is 5.71. The first-order chi connectivity index (χ1) is 7.79. The normalized spacial score (nSPS) is 16.9. The van der Waals surface area contributed by atoms with E-state index in [1.807, 2.05) is 18.2 Å². The van der Waals surface area contributed by atoms with E-state index in [9.17, 15) is 4.79 Å². The van der Waals surface area contributed by atoms with Crippen molar-refractivity contribution >= 4 is 5.97 Å². The van der Waals surface area contributed by atoms with E-state index >= 15 is 0 Å². The maximum atomic E-state index is 10.8. The van der Waals surface area contributed by atoms with Gasteiger partial charge in [-0.3, -0.25) is 0 Å². The lowest BCUT2D eigenvalue weighted by atomic mass is 10.2. The average Bonchev–Trinajstić information content (AvgIpc) is 2.35. The maximum absolute atomic E-state index is 10.8. The fourth-order valence-corrected chi connectivity index (χ4v) is 1.28. The highest BCUT2D eigenvalue weighted by Crippen LogP contribution is 2.30. The lowest BCUT2D eigenvalue weighted by Gasteiger charge is -2.22. The molecule has 0 N–H and O–H groups in total. The van der Waals surface area contributed by atoms with Crippen molar-refractivity contribution in [2.24, 2.45) is 0 Å². The number of carbonyl (C=O) groups excluding carboxylic acids is 1. The molecule has 0 fully saturated rings. The summed E-state index contributed by atoms with van der Waals surface area (Å²) < 4.78 is 15.3. The van der Waals surface area contributed by atoms with Gasteiger partial charge in [0.1, 0.15) is 6.61 Å². The van der Waals surface area contributed by atoms with Gasteiger partial charge in [-0.15, -0.1) is 0 Å². The third kappa shape index (κ3) is 2.26. The molecule has 0 amide bonds. The molecule has 16 heavy (non-hydrogen) atoms. The molecule has 1 unspecified atom stereocenters. The van der Waals surface area contributed by atoms with Crippen molar-refractivity contribution in [3.8, 4) is 23.3 Å². The maximum Gasteiger partial charge on any atom is 0.384 e. The van der Waals surface area contributed by atoms with E-state index in [-0.39, 0.29) is 0 Å². The Morgan fingerprint density at radius 3 is 2.94 bits per heavy atom. The molecule has 1 aromatic carbocycles. The van der Waals surface area contributed by atoms with E-state index in [4.69, 9.17) is 9.47 Å². The molecule has 0 bridgehead atoms. The van der Waals surface area contributed by atoms with E-state index in [0.717, 1.165) is 0 Å². The molecule has 2 rings (SSSR count). The minimum absolute atomic E-state index is 0.307. The van der Waals surface area contributed by atoms with Gasteiger partial charge in [-0.05, 0) is 18.1 Å². The monoisotopic (exact) mass is 218 g/mol. The van der Waals surface area contributed by atoms with Crippen molar-refractivity contribution in [1.82, 2.24) is 0 Å². The van der Waals surface area contributed by atoms with E-state index in [1.54, 1.807) is 6.07 Å². The Morgan fingerprint density at radius 2 is 2.19 bits per heavy atom. The zero-order chi connectivity index (χ0) is 11.4. The Hall–Kier alpha value is -2.15. The second-order valence-corrected chi connectivity index (χ2v) is 3.13. The van der Waals surface area contributed by atoms with Crippen LogP contribution in [-0.4, -0.2) is 25.8 Å². The second kappa shape index (κ2) is 4.58. The van der Waals surface area contributed by atoms with Crippen molar-refractivity contribution in [2.75, 3.05) is 13.7 Å². The van der Waals surface area contributed by atoms with Crippen LogP contribution in [0.15, 0.2) is 24.3 Å². The first-order valence-electron chi connectivity index (χ1n) is 4.77. The van der Waals surface area contributed by atoms with Crippen molar-refractivity contribution in [3.05, 3.63) is 24.3 Å². The molecule has 0 radical (unpaired) electrons. The minimum Gasteiger partial charge on any atom is -0.485 e. The zero-order valence-corrected chi connectivity index (χ0v) is 8.73. The van der Waals surface area contributed by atoms with Gasteiger partial charge in [0.05, 0.1) is 7.11 Å². The molecule has 0 saturated heterocycles. The Morgan fingerprint density at radius 1 is 1.44 bits per heavy atom. The number of esters is 1. The van der Waals surface area contributed by atoms with Crippen LogP contribution in [-0.2, 0) is 9.53 Å². The smallest absolute Gasteiger partial charge is 0.384 e. The van der Waals surface area contributed by atoms with Crippen LogP contribution >= 0.6 is 0 Å². The standard InChI is InChI=1S/C12H10O4/c1-14-12(13)7-6-9-8-15-10-4-2-3-5-11(10)16-9/h2-5,9H,8H2,1H3. The number of fused-ring (bicyclic) bond motifs is 1. The molecule has 0 aromatic heterocycles. The fourth-order valence-electron chi connectivity index (χ4n) is 1.28. The van der Waals surface area contributed by atoms with Crippen LogP contribution in [0.1, 0.15) is 0 Å². The number of rotatable bonds is 0. The molecule has 1 aliphatic heterocycles. The summed E-state index contributed by atoms with van der Waals surface area (Å²) in [6.07, 6.45) is -0.436. The molecule has 0 spiro atoms. The van der Waals surface area contributed by atoms with Gasteiger partial charge in [0.2, 0.25) is 0 Å². The van der Waals surface area contributed by atoms with E-state index in [0.29, 0.717) is 18.1 Å². The highest BCUT2D eigenvalue weighted by atomic mass is 16.6. The zero-order valence-electron chi connectivity index (χ0n) is 8.73. The summed E-state index contributed by atoms with van der Waals surface area (Å²) in [4.78, 5) is 10.8. The molecule has 0 aliphatic carbocycles. The molecular weight excluding hydrogens is 208 g/mol. The summed E-state index contributed by atoms with van der Waals surface area (Å²) in [6, 6.07) is 7.32. The van der Waals surface area contributed by atoms with Crippen LogP contribution < -0.4 is 9.47 Å². The average molecular weight is 218 g/mol. The van der Waals surface area contributed by atoms with E-state index in [2.05, 4.69) is 16.6 Å². The van der Waals surface area contributed by atoms with Crippen LogP contribution in [0.2, 0.25) is 0 Å². The topological polar surface area (TPSA) is 44.8 Å². The van der Waals surface area contributed by atoms with Crippen LogP contribution in [0.25, 0.3) is 0 Å². The van der Waals surface area contributed by atoms with Gasteiger partial charge in [0.15, 0.2) is 17.6 Å². The van der Waals surface area contributed by atoms with Crippen LogP contribution in [0, 0.1) is 11.8 Å². The van der Waals surface area contributed by atoms with Gasteiger partial charge in [0.25, 0.3) is 0 Å². The number of ether oxygens (including phenoxy) is 3. The molecule has 4 nitrogen and oxygen atoms in total. The van der Waals surface area contributed by atoms with Gasteiger partial charge < -0.3 is 14.2 Å². The SMILES string of the molecule is COC(=O)C#CC1COc2ccccc2O1. The summed E-state index contributed by atoms with van der Waals surface area (Å²) in [5.41, 5.74) is 0. The van der Waals surface area contributed by atoms with Crippen molar-refractivity contribution in [3.63, 3.8) is 0 Å². The van der Waals surface area contributed by atoms with Crippen molar-refractivity contribution < 1.29 is 19.0 Å². The molecule has 4 heteroatoms. The van der Waals surface area contributed by atoms with Crippen molar-refractivity contribution in [2.45, 2.75) is 6.10 Å². The number of hydrogen-bond acceptors (Lipinski definition) is 4. The van der Waals surface area contributed by atoms with E-state index in [1.165, 1.54) is 7.11 Å². The first kappa shape index (κ1) is 10.4. The number of hydrogen-bond donors (Lipinski definition) is 0. The number of carbonyl (C=O) groups is 1. The largest absolute Gasteiger partial charge is 0.485 e. The summed E-state index contributed by atoms with van der Waals surface area (Å²) in [5, 5.41) is 0. The van der Waals surface area contributed by atoms with Gasteiger partial charge >= 0.3 is 5.97 Å². The number of para-hydroxylation sites is 2. The third-order valence-electron chi connectivity index (χ3n) is 2.03. The number of methoxy groups -OCH3 is 1. The van der Waals surface area contributed by atoms with Gasteiger partial charge in [-0.25, -0.2) is 4.79 Å². The molecule has 1 aromatic rings. The molecule has 82 valence electrons. The predicted molar refractivity (Wildman–Crippen MR) is 56.1 cm³/mol. The van der Waals surface area contributed by atoms with Gasteiger partial charge in [-0.2, -0.15) is 0 Å². The van der Waals surface area contributed by atoms with Crippen molar-refractivity contribution in [1.29, 1.82) is 0 Å². The molecular formula is C12H10O4. The van der Waals surface area contributed by atoms with Gasteiger partial charge in [0, 0.05) is 5.92 Å². The minimum atomic E-state index is -0.581. The van der Waals surface area contributed by atoms with Crippen LogP contribution in [0.4, 0.5) is 0 Å². The molecule has 1 atom stereocenters. The highest BCUT2D eigenvalue weighted by Gasteiger charge is 2.18. The summed E-state index contributed by atoms with van der Waals surface area (Å²) >= 11 is 0. The van der Waals surface area contributed by atoms with Crippen LogP contribution in [0.5, 0.6) is 11.5 Å². The first-order valence-corrected chi connectivity index (χ1v) is 4.77. The number of benzene rings is 1. The quantitative estimate of drug-likeness (QED) is 0.370. The Kier molecular flexibility index (Phi) is 2.97. The molecule has 1 aliphatic rings. The van der Waals surface area contributed by atoms with Crippen LogP contribution in [0.3, 0.4) is 0 Å². The van der Waals surface area contributed by atoms with E-state index < -0.39 is 12.1 Å². The molecule has 1 heterocycles. The summed E-state index contributed by atoms with van der Waals surface area (Å²) in [6.45, 7) is 0.307. The highest BCUT2D eigenvalue weighted by molar-refractivity contribution is 5.88. The van der Waals surface area contributed by atoms with Gasteiger partial charge in [-0.1, -0.05) is 12.1 Å². The fraction of sp³-hybridized carbons (Fsp3) is 0.250. The molecule has 0 saturated carbocycles. The Labute approximate surface area is 93.1 Å². The lowest BCUT2D eigenvalue weighted by molar-refractivity contribution is -0.133. The second-order valence-electron chi connectivity index (χ2n) is 3.13.